The van der Waals surface area contributed by atoms with E-state index in [4.69, 9.17) is 22.1 Å². The molecular formula is C15H18ClN3O2S. The maximum atomic E-state index is 10.9. The van der Waals surface area contributed by atoms with Gasteiger partial charge in [0.05, 0.1) is 10.7 Å². The zero-order chi connectivity index (χ0) is 16.1. The van der Waals surface area contributed by atoms with Crippen LogP contribution in [0.1, 0.15) is 16.3 Å². The van der Waals surface area contributed by atoms with Crippen molar-refractivity contribution in [3.8, 4) is 5.75 Å². The van der Waals surface area contributed by atoms with Crippen molar-refractivity contribution in [2.75, 3.05) is 13.7 Å². The number of carbonyl (C=O) groups excluding carboxylic acids is 1. The Kier molecular flexibility index (Phi) is 5.76. The number of nitrogens with zero attached hydrogens (tertiary/aromatic N) is 2. The van der Waals surface area contributed by atoms with Crippen LogP contribution in [-0.4, -0.2) is 29.4 Å². The van der Waals surface area contributed by atoms with Crippen LogP contribution in [0.25, 0.3) is 0 Å². The molecule has 2 N–H and O–H groups in total. The summed E-state index contributed by atoms with van der Waals surface area (Å²) < 4.78 is 5.44. The van der Waals surface area contributed by atoms with Crippen molar-refractivity contribution in [2.45, 2.75) is 20.0 Å². The molecule has 0 saturated heterocycles. The first kappa shape index (κ1) is 16.7. The maximum Gasteiger partial charge on any atom is 0.255 e. The first-order chi connectivity index (χ1) is 10.4. The SMILES string of the molecule is Cc1nc(CN(C)Cc2cc(Cl)ccc2OCC(N)=O)cs1. The first-order valence-electron chi connectivity index (χ1n) is 6.73. The molecule has 0 fully saturated rings. The summed E-state index contributed by atoms with van der Waals surface area (Å²) in [5.41, 5.74) is 7.06. The third-order valence-electron chi connectivity index (χ3n) is 2.93. The fraction of sp³-hybridized carbons (Fsp3) is 0.333. The number of halogens is 1. The van der Waals surface area contributed by atoms with Crippen molar-refractivity contribution in [1.29, 1.82) is 0 Å². The number of thiazole rings is 1. The highest BCUT2D eigenvalue weighted by Crippen LogP contribution is 2.24. The highest BCUT2D eigenvalue weighted by Gasteiger charge is 2.10. The van der Waals surface area contributed by atoms with E-state index in [1.54, 1.807) is 23.5 Å². The molecule has 22 heavy (non-hydrogen) atoms. The van der Waals surface area contributed by atoms with E-state index < -0.39 is 5.91 Å². The number of carbonyl (C=O) groups is 1. The lowest BCUT2D eigenvalue weighted by Gasteiger charge is -2.18. The lowest BCUT2D eigenvalue weighted by molar-refractivity contribution is -0.119. The smallest absolute Gasteiger partial charge is 0.255 e. The van der Waals surface area contributed by atoms with Crippen molar-refractivity contribution in [3.63, 3.8) is 0 Å². The lowest BCUT2D eigenvalue weighted by Crippen LogP contribution is -2.22. The monoisotopic (exact) mass is 339 g/mol. The predicted octanol–water partition coefficient (Wildman–Crippen LogP) is 2.60. The molecule has 0 aliphatic heterocycles. The number of benzene rings is 1. The molecule has 0 atom stereocenters. The van der Waals surface area contributed by atoms with Crippen LogP contribution in [0.5, 0.6) is 5.75 Å². The van der Waals surface area contributed by atoms with Gasteiger partial charge in [-0.1, -0.05) is 11.6 Å². The summed E-state index contributed by atoms with van der Waals surface area (Å²) in [6.07, 6.45) is 0. The summed E-state index contributed by atoms with van der Waals surface area (Å²) in [7, 11) is 1.99. The highest BCUT2D eigenvalue weighted by molar-refractivity contribution is 7.09. The van der Waals surface area contributed by atoms with Gasteiger partial charge >= 0.3 is 0 Å². The zero-order valence-corrected chi connectivity index (χ0v) is 14.1. The third kappa shape index (κ3) is 4.98. The van der Waals surface area contributed by atoms with E-state index in [-0.39, 0.29) is 6.61 Å². The quantitative estimate of drug-likeness (QED) is 0.842. The Morgan fingerprint density at radius 2 is 2.23 bits per heavy atom. The second-order valence-electron chi connectivity index (χ2n) is 5.04. The fourth-order valence-electron chi connectivity index (χ4n) is 2.07. The standard InChI is InChI=1S/C15H18ClN3O2S/c1-10-18-13(9-22-10)7-19(2)6-11-5-12(16)3-4-14(11)21-8-15(17)20/h3-5,9H,6-8H2,1-2H3,(H2,17,20). The van der Waals surface area contributed by atoms with Crippen LogP contribution < -0.4 is 10.5 Å². The number of hydrogen-bond donors (Lipinski definition) is 1. The normalized spacial score (nSPS) is 10.9. The number of rotatable bonds is 7. The minimum atomic E-state index is -0.507. The van der Waals surface area contributed by atoms with Crippen LogP contribution in [-0.2, 0) is 17.9 Å². The Morgan fingerprint density at radius 3 is 2.86 bits per heavy atom. The van der Waals surface area contributed by atoms with Gasteiger partial charge in [0.15, 0.2) is 6.61 Å². The highest BCUT2D eigenvalue weighted by atomic mass is 35.5. The molecule has 7 heteroatoms. The number of amides is 1. The Bertz CT molecular complexity index is 660. The molecule has 0 aliphatic rings. The van der Waals surface area contributed by atoms with Crippen LogP contribution in [0.2, 0.25) is 5.02 Å². The molecule has 1 heterocycles. The van der Waals surface area contributed by atoms with Crippen molar-refractivity contribution in [1.82, 2.24) is 9.88 Å². The number of primary amides is 1. The fourth-order valence-corrected chi connectivity index (χ4v) is 2.86. The lowest BCUT2D eigenvalue weighted by atomic mass is 10.2. The average Bonchev–Trinajstić information content (AvgIpc) is 2.82. The number of aryl methyl sites for hydroxylation is 1. The zero-order valence-electron chi connectivity index (χ0n) is 12.5. The molecule has 1 aromatic carbocycles. The van der Waals surface area contributed by atoms with E-state index in [0.29, 0.717) is 17.3 Å². The Morgan fingerprint density at radius 1 is 1.45 bits per heavy atom. The summed E-state index contributed by atoms with van der Waals surface area (Å²) in [4.78, 5) is 17.4. The molecule has 0 saturated carbocycles. The molecule has 0 radical (unpaired) electrons. The molecule has 0 bridgehead atoms. The number of ether oxygens (including phenoxy) is 1. The minimum Gasteiger partial charge on any atom is -0.483 e. The molecule has 0 unspecified atom stereocenters. The maximum absolute atomic E-state index is 10.9. The Balaban J connectivity index is 2.06. The van der Waals surface area contributed by atoms with E-state index in [0.717, 1.165) is 22.8 Å². The minimum absolute atomic E-state index is 0.149. The van der Waals surface area contributed by atoms with Crippen LogP contribution in [0.15, 0.2) is 23.6 Å². The summed E-state index contributed by atoms with van der Waals surface area (Å²) in [6.45, 7) is 3.20. The van der Waals surface area contributed by atoms with E-state index in [2.05, 4.69) is 9.88 Å². The summed E-state index contributed by atoms with van der Waals surface area (Å²) in [5, 5.41) is 3.73. The van der Waals surface area contributed by atoms with Crippen LogP contribution in [0.4, 0.5) is 0 Å². The van der Waals surface area contributed by atoms with Crippen LogP contribution in [0.3, 0.4) is 0 Å². The Labute approximate surface area is 138 Å². The molecular weight excluding hydrogens is 322 g/mol. The predicted molar refractivity (Wildman–Crippen MR) is 88.2 cm³/mol. The average molecular weight is 340 g/mol. The Hall–Kier alpha value is -1.63. The van der Waals surface area contributed by atoms with Gasteiger partial charge in [0, 0.05) is 29.1 Å². The number of hydrogen-bond acceptors (Lipinski definition) is 5. The molecule has 118 valence electrons. The summed E-state index contributed by atoms with van der Waals surface area (Å²) in [6, 6.07) is 5.31. The summed E-state index contributed by atoms with van der Waals surface area (Å²) in [5.74, 6) is 0.108. The molecule has 0 aliphatic carbocycles. The van der Waals surface area contributed by atoms with Crippen molar-refractivity contribution in [3.05, 3.63) is 44.9 Å². The van der Waals surface area contributed by atoms with Gasteiger partial charge in [-0.15, -0.1) is 11.3 Å². The van der Waals surface area contributed by atoms with Gasteiger partial charge < -0.3 is 10.5 Å². The topological polar surface area (TPSA) is 68.5 Å². The number of nitrogens with two attached hydrogens (primary N) is 1. The van der Waals surface area contributed by atoms with Gasteiger partial charge in [0.2, 0.25) is 0 Å². The largest absolute Gasteiger partial charge is 0.483 e. The van der Waals surface area contributed by atoms with Gasteiger partial charge in [0.1, 0.15) is 5.75 Å². The second kappa shape index (κ2) is 7.58. The van der Waals surface area contributed by atoms with Crippen LogP contribution >= 0.6 is 22.9 Å². The van der Waals surface area contributed by atoms with Gasteiger partial charge in [-0.3, -0.25) is 9.69 Å². The van der Waals surface area contributed by atoms with Gasteiger partial charge in [-0.2, -0.15) is 0 Å². The van der Waals surface area contributed by atoms with E-state index in [9.17, 15) is 4.79 Å². The van der Waals surface area contributed by atoms with Crippen molar-refractivity contribution < 1.29 is 9.53 Å². The molecule has 5 nitrogen and oxygen atoms in total. The second-order valence-corrected chi connectivity index (χ2v) is 6.54. The van der Waals surface area contributed by atoms with Crippen molar-refractivity contribution in [2.24, 2.45) is 5.73 Å². The third-order valence-corrected chi connectivity index (χ3v) is 3.99. The van der Waals surface area contributed by atoms with E-state index >= 15 is 0 Å². The van der Waals surface area contributed by atoms with Crippen LogP contribution in [0, 0.1) is 6.92 Å². The van der Waals surface area contributed by atoms with Gasteiger partial charge in [-0.25, -0.2) is 4.98 Å². The van der Waals surface area contributed by atoms with Gasteiger partial charge in [-0.05, 0) is 32.2 Å². The molecule has 1 aromatic heterocycles. The van der Waals surface area contributed by atoms with E-state index in [1.165, 1.54) is 0 Å². The molecule has 0 spiro atoms. The van der Waals surface area contributed by atoms with Gasteiger partial charge in [0.25, 0.3) is 5.91 Å². The number of aromatic nitrogens is 1. The van der Waals surface area contributed by atoms with E-state index in [1.807, 2.05) is 25.4 Å². The molecule has 2 rings (SSSR count). The van der Waals surface area contributed by atoms with Crippen molar-refractivity contribution >= 4 is 28.8 Å². The molecule has 2 aromatic rings. The molecule has 1 amide bonds. The first-order valence-corrected chi connectivity index (χ1v) is 7.99. The summed E-state index contributed by atoms with van der Waals surface area (Å²) >= 11 is 7.68.